The number of carbonyl (C=O) groups is 2. The molecule has 1 saturated heterocycles. The van der Waals surface area contributed by atoms with Crippen molar-refractivity contribution in [3.8, 4) is 0 Å². The first kappa shape index (κ1) is 17.9. The average Bonchev–Trinajstić information content (AvgIpc) is 3.10. The highest BCUT2D eigenvalue weighted by atomic mass is 32.2. The van der Waals surface area contributed by atoms with Crippen molar-refractivity contribution in [3.05, 3.63) is 58.0 Å². The second kappa shape index (κ2) is 8.01. The van der Waals surface area contributed by atoms with Gasteiger partial charge in [-0.2, -0.15) is 0 Å². The van der Waals surface area contributed by atoms with E-state index in [-0.39, 0.29) is 22.9 Å². The van der Waals surface area contributed by atoms with E-state index in [0.29, 0.717) is 24.3 Å². The van der Waals surface area contributed by atoms with Crippen LogP contribution in [-0.2, 0) is 22.6 Å². The van der Waals surface area contributed by atoms with Crippen LogP contribution in [0, 0.1) is 5.82 Å². The second-order valence-electron chi connectivity index (χ2n) is 5.95. The molecule has 0 radical (unpaired) electrons. The molecule has 2 atom stereocenters. The van der Waals surface area contributed by atoms with Gasteiger partial charge in [0.1, 0.15) is 11.9 Å². The van der Waals surface area contributed by atoms with Gasteiger partial charge < -0.3 is 10.2 Å². The van der Waals surface area contributed by atoms with Crippen molar-refractivity contribution in [1.82, 2.24) is 10.2 Å². The number of likely N-dealkylation sites (N-methyl/N-ethyl adjacent to an activating group) is 1. The minimum atomic E-state index is -0.528. The second-order valence-corrected chi connectivity index (χ2v) is 8.22. The molecule has 0 spiro atoms. The molecular formula is C18H19FN2O2S2. The van der Waals surface area contributed by atoms with Gasteiger partial charge >= 0.3 is 0 Å². The third-order valence-corrected chi connectivity index (χ3v) is 6.25. The number of benzene rings is 1. The molecule has 7 heteroatoms. The number of halogens is 1. The van der Waals surface area contributed by atoms with Crippen LogP contribution in [0.3, 0.4) is 0 Å². The van der Waals surface area contributed by atoms with Crippen LogP contribution in [0.15, 0.2) is 41.8 Å². The Morgan fingerprint density at radius 2 is 2.12 bits per heavy atom. The zero-order chi connectivity index (χ0) is 17.8. The predicted molar refractivity (Wildman–Crippen MR) is 99.1 cm³/mol. The molecule has 1 aromatic carbocycles. The molecule has 4 nitrogen and oxygen atoms in total. The zero-order valence-corrected chi connectivity index (χ0v) is 15.4. The van der Waals surface area contributed by atoms with Crippen LogP contribution in [0.2, 0.25) is 0 Å². The van der Waals surface area contributed by atoms with Gasteiger partial charge in [-0.25, -0.2) is 4.39 Å². The van der Waals surface area contributed by atoms with Crippen molar-refractivity contribution in [2.75, 3.05) is 12.8 Å². The highest BCUT2D eigenvalue weighted by Gasteiger charge is 2.34. The Bertz CT molecular complexity index is 751. The first-order valence-corrected chi connectivity index (χ1v) is 9.90. The molecule has 1 aliphatic heterocycles. The first-order chi connectivity index (χ1) is 12.0. The van der Waals surface area contributed by atoms with Crippen LogP contribution < -0.4 is 5.32 Å². The van der Waals surface area contributed by atoms with Crippen LogP contribution in [0.25, 0.3) is 0 Å². The van der Waals surface area contributed by atoms with Gasteiger partial charge in [-0.1, -0.05) is 24.3 Å². The van der Waals surface area contributed by atoms with Crippen molar-refractivity contribution >= 4 is 34.9 Å². The summed E-state index contributed by atoms with van der Waals surface area (Å²) in [7, 11) is 1.74. The summed E-state index contributed by atoms with van der Waals surface area (Å²) in [4.78, 5) is 27.6. The predicted octanol–water partition coefficient (Wildman–Crippen LogP) is 2.69. The first-order valence-electron chi connectivity index (χ1n) is 7.97. The quantitative estimate of drug-likeness (QED) is 0.870. The lowest BCUT2D eigenvalue weighted by molar-refractivity contribution is -0.135. The summed E-state index contributed by atoms with van der Waals surface area (Å²) in [6.45, 7) is 0.534. The standard InChI is InChI=1S/C18H19FN2O2S2/c1-21(10-13-6-4-8-24-13)18(23)15-11-25-16(17(22)20-15)9-12-5-2-3-7-14(12)19/h2-8,15-16H,9-11H2,1H3,(H,20,22). The van der Waals surface area contributed by atoms with E-state index in [4.69, 9.17) is 0 Å². The molecule has 0 aliphatic carbocycles. The van der Waals surface area contributed by atoms with Gasteiger partial charge in [0.05, 0.1) is 11.8 Å². The molecule has 2 heterocycles. The van der Waals surface area contributed by atoms with Crippen LogP contribution >= 0.6 is 23.1 Å². The fraction of sp³-hybridized carbons (Fsp3) is 0.333. The Morgan fingerprint density at radius 3 is 2.80 bits per heavy atom. The summed E-state index contributed by atoms with van der Waals surface area (Å²) in [6.07, 6.45) is 0.328. The van der Waals surface area contributed by atoms with Crippen LogP contribution in [0.4, 0.5) is 4.39 Å². The smallest absolute Gasteiger partial charge is 0.246 e. The van der Waals surface area contributed by atoms with E-state index < -0.39 is 6.04 Å². The van der Waals surface area contributed by atoms with Gasteiger partial charge in [0, 0.05) is 17.7 Å². The Balaban J connectivity index is 1.56. The third-order valence-electron chi connectivity index (χ3n) is 4.08. The normalized spacial score (nSPS) is 20.2. The molecule has 1 aliphatic rings. The maximum atomic E-state index is 13.8. The molecule has 1 aromatic heterocycles. The van der Waals surface area contributed by atoms with E-state index in [0.717, 1.165) is 4.88 Å². The maximum absolute atomic E-state index is 13.8. The topological polar surface area (TPSA) is 49.4 Å². The van der Waals surface area contributed by atoms with E-state index in [9.17, 15) is 14.0 Å². The number of amides is 2. The number of hydrogen-bond donors (Lipinski definition) is 1. The maximum Gasteiger partial charge on any atom is 0.246 e. The van der Waals surface area contributed by atoms with Crippen molar-refractivity contribution in [1.29, 1.82) is 0 Å². The number of nitrogens with zero attached hydrogens (tertiary/aromatic N) is 1. The SMILES string of the molecule is CN(Cc1cccs1)C(=O)C1CSC(Cc2ccccc2F)C(=O)N1. The summed E-state index contributed by atoms with van der Waals surface area (Å²) in [5, 5.41) is 4.40. The van der Waals surface area contributed by atoms with Gasteiger partial charge in [0.25, 0.3) is 0 Å². The average molecular weight is 378 g/mol. The summed E-state index contributed by atoms with van der Waals surface area (Å²) in [5.74, 6) is -0.107. The number of thiophene rings is 1. The lowest BCUT2D eigenvalue weighted by Crippen LogP contribution is -2.54. The highest BCUT2D eigenvalue weighted by molar-refractivity contribution is 8.00. The third kappa shape index (κ3) is 4.41. The van der Waals surface area contributed by atoms with Crippen molar-refractivity contribution < 1.29 is 14.0 Å². The van der Waals surface area contributed by atoms with E-state index in [1.54, 1.807) is 41.5 Å². The zero-order valence-electron chi connectivity index (χ0n) is 13.8. The molecule has 25 heavy (non-hydrogen) atoms. The monoisotopic (exact) mass is 378 g/mol. The highest BCUT2D eigenvalue weighted by Crippen LogP contribution is 2.24. The lowest BCUT2D eigenvalue weighted by atomic mass is 10.1. The van der Waals surface area contributed by atoms with E-state index >= 15 is 0 Å². The minimum Gasteiger partial charge on any atom is -0.343 e. The van der Waals surface area contributed by atoms with E-state index in [1.165, 1.54) is 17.8 Å². The Labute approximate surface area is 154 Å². The van der Waals surface area contributed by atoms with Crippen LogP contribution in [0.1, 0.15) is 10.4 Å². The fourth-order valence-corrected chi connectivity index (χ4v) is 4.65. The van der Waals surface area contributed by atoms with Crippen molar-refractivity contribution in [3.63, 3.8) is 0 Å². The summed E-state index contributed by atoms with van der Waals surface area (Å²) in [5.41, 5.74) is 0.523. The molecule has 1 fully saturated rings. The number of thioether (sulfide) groups is 1. The molecule has 2 amide bonds. The molecule has 132 valence electrons. The Morgan fingerprint density at radius 1 is 1.32 bits per heavy atom. The number of carbonyl (C=O) groups excluding carboxylic acids is 2. The Kier molecular flexibility index (Phi) is 5.75. The van der Waals surface area contributed by atoms with Crippen LogP contribution in [0.5, 0.6) is 0 Å². The van der Waals surface area contributed by atoms with Crippen LogP contribution in [-0.4, -0.2) is 40.8 Å². The number of nitrogens with one attached hydrogen (secondary N) is 1. The van der Waals surface area contributed by atoms with Gasteiger partial charge in [-0.05, 0) is 29.5 Å². The largest absolute Gasteiger partial charge is 0.343 e. The van der Waals surface area contributed by atoms with Gasteiger partial charge in [-0.15, -0.1) is 23.1 Å². The molecule has 2 unspecified atom stereocenters. The van der Waals surface area contributed by atoms with Crippen molar-refractivity contribution in [2.24, 2.45) is 0 Å². The molecular weight excluding hydrogens is 359 g/mol. The molecule has 3 rings (SSSR count). The fourth-order valence-electron chi connectivity index (χ4n) is 2.72. The number of hydrogen-bond acceptors (Lipinski definition) is 4. The minimum absolute atomic E-state index is 0.0985. The molecule has 0 saturated carbocycles. The molecule has 1 N–H and O–H groups in total. The van der Waals surface area contributed by atoms with Gasteiger partial charge in [0.15, 0.2) is 0 Å². The van der Waals surface area contributed by atoms with E-state index in [1.807, 2.05) is 17.5 Å². The summed E-state index contributed by atoms with van der Waals surface area (Å²) in [6, 6.07) is 9.87. The molecule has 0 bridgehead atoms. The number of rotatable bonds is 5. The van der Waals surface area contributed by atoms with Gasteiger partial charge in [0.2, 0.25) is 11.8 Å². The van der Waals surface area contributed by atoms with Gasteiger partial charge in [-0.3, -0.25) is 9.59 Å². The summed E-state index contributed by atoms with van der Waals surface area (Å²) < 4.78 is 13.8. The Hall–Kier alpha value is -1.86. The van der Waals surface area contributed by atoms with Crippen molar-refractivity contribution in [2.45, 2.75) is 24.3 Å². The lowest BCUT2D eigenvalue weighted by Gasteiger charge is -2.30. The molecule has 2 aromatic rings. The summed E-state index contributed by atoms with van der Waals surface area (Å²) >= 11 is 3.01. The van der Waals surface area contributed by atoms with E-state index in [2.05, 4.69) is 5.32 Å².